The summed E-state index contributed by atoms with van der Waals surface area (Å²) in [7, 11) is 0. The van der Waals surface area contributed by atoms with E-state index in [4.69, 9.17) is 4.74 Å². The third-order valence-corrected chi connectivity index (χ3v) is 19.1. The molecular formula is C72H47B2N5OS2. The number of thiophene rings is 2. The van der Waals surface area contributed by atoms with Crippen molar-refractivity contribution in [3.8, 4) is 11.5 Å². The topological polar surface area (TPSA) is 25.4 Å². The van der Waals surface area contributed by atoms with E-state index in [-0.39, 0.29) is 13.4 Å². The van der Waals surface area contributed by atoms with E-state index < -0.39 is 0 Å². The third-order valence-electron chi connectivity index (χ3n) is 16.6. The molecule has 384 valence electrons. The van der Waals surface area contributed by atoms with Gasteiger partial charge in [-0.3, -0.25) is 0 Å². The summed E-state index contributed by atoms with van der Waals surface area (Å²) in [6.07, 6.45) is 0. The van der Waals surface area contributed by atoms with E-state index >= 15 is 0 Å². The van der Waals surface area contributed by atoms with Crippen molar-refractivity contribution in [2.45, 2.75) is 0 Å². The van der Waals surface area contributed by atoms with Gasteiger partial charge in [-0.25, -0.2) is 0 Å². The summed E-state index contributed by atoms with van der Waals surface area (Å²) in [5.74, 6) is 1.74. The number of hydrogen-bond donors (Lipinski definition) is 0. The number of benzene rings is 11. The van der Waals surface area contributed by atoms with Crippen molar-refractivity contribution >= 4 is 162 Å². The Labute approximate surface area is 485 Å². The Morgan fingerprint density at radius 1 is 0.317 bits per heavy atom. The van der Waals surface area contributed by atoms with Gasteiger partial charge in [-0.15, -0.1) is 11.3 Å². The van der Waals surface area contributed by atoms with Gasteiger partial charge in [0.25, 0.3) is 13.4 Å². The molecule has 0 saturated carbocycles. The Bertz CT molecular complexity index is 4510. The van der Waals surface area contributed by atoms with Gasteiger partial charge < -0.3 is 29.2 Å². The van der Waals surface area contributed by atoms with Crippen LogP contribution in [0.5, 0.6) is 11.5 Å². The molecule has 4 aliphatic heterocycles. The molecule has 17 rings (SSSR count). The minimum atomic E-state index is -0.144. The number of nitrogens with zero attached hydrogens (tertiary/aromatic N) is 5. The summed E-state index contributed by atoms with van der Waals surface area (Å²) in [5.41, 5.74) is 20.1. The zero-order valence-corrected chi connectivity index (χ0v) is 45.9. The fourth-order valence-electron chi connectivity index (χ4n) is 13.3. The highest BCUT2D eigenvalue weighted by atomic mass is 32.1. The highest BCUT2D eigenvalue weighted by Crippen LogP contribution is 2.55. The normalized spacial score (nSPS) is 13.1. The molecule has 0 saturated heterocycles. The van der Waals surface area contributed by atoms with Gasteiger partial charge >= 0.3 is 0 Å². The molecule has 0 atom stereocenters. The molecule has 4 aliphatic rings. The molecule has 0 unspecified atom stereocenters. The van der Waals surface area contributed by atoms with Crippen molar-refractivity contribution in [3.05, 3.63) is 285 Å². The summed E-state index contributed by atoms with van der Waals surface area (Å²) in [6.45, 7) is -0.280. The standard InChI is InChI=1S/C72H47B2N5OS2/c1-8-26-48(27-9-1)75(49-28-10-2-11-29-49)55-44-60-65-61(45-55)79(54-38-20-7-21-39-54)68-69-72(82-71(68)73(65)58-41-23-24-42-59(58)77(60)52-34-16-5-17-35-52)74-66-62(78(53-36-18-6-19-37-53)67-57-40-22-25-43-64(57)81-70(67)74)46-56(47-63(66)80-69)76(50-30-12-3-13-31-50)51-32-14-4-15-33-51/h1-47H. The average molecular weight is 1080 g/mol. The number of rotatable bonds is 9. The van der Waals surface area contributed by atoms with Crippen LogP contribution in [0.25, 0.3) is 10.1 Å². The fourth-order valence-corrected chi connectivity index (χ4v) is 16.1. The zero-order chi connectivity index (χ0) is 53.8. The highest BCUT2D eigenvalue weighted by Gasteiger charge is 2.52. The van der Waals surface area contributed by atoms with Gasteiger partial charge in [-0.2, -0.15) is 11.3 Å². The van der Waals surface area contributed by atoms with Gasteiger partial charge in [0.2, 0.25) is 0 Å². The van der Waals surface area contributed by atoms with Crippen molar-refractivity contribution in [2.75, 3.05) is 24.5 Å². The van der Waals surface area contributed by atoms with E-state index in [1.165, 1.54) is 46.5 Å². The van der Waals surface area contributed by atoms with E-state index in [0.29, 0.717) is 0 Å². The zero-order valence-electron chi connectivity index (χ0n) is 44.3. The summed E-state index contributed by atoms with van der Waals surface area (Å²) >= 11 is 3.85. The second-order valence-electron chi connectivity index (χ2n) is 21.1. The molecule has 10 heteroatoms. The molecule has 13 aromatic rings. The molecule has 2 aromatic heterocycles. The van der Waals surface area contributed by atoms with Crippen LogP contribution in [0.2, 0.25) is 0 Å². The van der Waals surface area contributed by atoms with Crippen molar-refractivity contribution in [3.63, 3.8) is 0 Å². The summed E-state index contributed by atoms with van der Waals surface area (Å²) < 4.78 is 13.0. The molecule has 11 aromatic carbocycles. The van der Waals surface area contributed by atoms with E-state index in [1.54, 1.807) is 0 Å². The lowest BCUT2D eigenvalue weighted by atomic mass is 9.36. The number of anilines is 15. The molecule has 6 nitrogen and oxygen atoms in total. The summed E-state index contributed by atoms with van der Waals surface area (Å²) in [6, 6.07) is 104. The van der Waals surface area contributed by atoms with E-state index in [2.05, 4.69) is 310 Å². The van der Waals surface area contributed by atoms with Gasteiger partial charge in [0.15, 0.2) is 5.75 Å². The first-order valence-corrected chi connectivity index (χ1v) is 29.5. The molecule has 0 N–H and O–H groups in total. The van der Waals surface area contributed by atoms with Crippen LogP contribution in [-0.4, -0.2) is 13.4 Å². The Morgan fingerprint density at radius 2 is 0.732 bits per heavy atom. The predicted octanol–water partition coefficient (Wildman–Crippen LogP) is 16.4. The van der Waals surface area contributed by atoms with E-state index in [1.807, 2.05) is 22.7 Å². The van der Waals surface area contributed by atoms with Crippen molar-refractivity contribution in [1.82, 2.24) is 0 Å². The lowest BCUT2D eigenvalue weighted by Crippen LogP contribution is -2.60. The average Bonchev–Trinajstić information content (AvgIpc) is 2.43. The van der Waals surface area contributed by atoms with Crippen molar-refractivity contribution in [1.29, 1.82) is 0 Å². The van der Waals surface area contributed by atoms with Crippen LogP contribution in [0.1, 0.15) is 0 Å². The lowest BCUT2D eigenvalue weighted by molar-refractivity contribution is 0.491. The van der Waals surface area contributed by atoms with Crippen LogP contribution in [0.15, 0.2) is 285 Å². The summed E-state index contributed by atoms with van der Waals surface area (Å²) in [4.78, 5) is 12.3. The van der Waals surface area contributed by atoms with Gasteiger partial charge in [0.1, 0.15) is 5.75 Å². The fraction of sp³-hybridized carbons (Fsp3) is 0. The second-order valence-corrected chi connectivity index (χ2v) is 23.3. The molecule has 0 bridgehead atoms. The summed E-state index contributed by atoms with van der Waals surface area (Å²) in [5, 5.41) is 1.24. The molecule has 0 amide bonds. The first-order chi connectivity index (χ1) is 40.7. The quantitative estimate of drug-likeness (QED) is 0.134. The van der Waals surface area contributed by atoms with Crippen LogP contribution in [0.3, 0.4) is 0 Å². The Kier molecular flexibility index (Phi) is 10.8. The van der Waals surface area contributed by atoms with Gasteiger partial charge in [-0.05, 0) is 132 Å². The molecule has 0 aliphatic carbocycles. The predicted molar refractivity (Wildman–Crippen MR) is 349 cm³/mol. The Balaban J connectivity index is 0.984. The molecular weight excluding hydrogens is 1040 g/mol. The first kappa shape index (κ1) is 46.9. The lowest BCUT2D eigenvalue weighted by Gasteiger charge is -2.44. The van der Waals surface area contributed by atoms with Gasteiger partial charge in [0, 0.05) is 93.0 Å². The number of para-hydroxylation sites is 8. The van der Waals surface area contributed by atoms with Gasteiger partial charge in [0.05, 0.1) is 22.7 Å². The largest absolute Gasteiger partial charge is 0.455 e. The minimum absolute atomic E-state index is 0.137. The van der Waals surface area contributed by atoms with Gasteiger partial charge in [-0.1, -0.05) is 164 Å². The van der Waals surface area contributed by atoms with E-state index in [9.17, 15) is 0 Å². The van der Waals surface area contributed by atoms with E-state index in [0.717, 1.165) is 91.1 Å². The van der Waals surface area contributed by atoms with Crippen LogP contribution in [0, 0.1) is 0 Å². The second kappa shape index (κ2) is 18.8. The Morgan fingerprint density at radius 3 is 1.28 bits per heavy atom. The van der Waals surface area contributed by atoms with Crippen molar-refractivity contribution < 1.29 is 4.74 Å². The molecule has 6 heterocycles. The van der Waals surface area contributed by atoms with Crippen molar-refractivity contribution in [2.24, 2.45) is 0 Å². The monoisotopic (exact) mass is 1080 g/mol. The SMILES string of the molecule is c1ccc(N(c2ccccc2)c2cc3c4c(c2)N(c2ccccc2)c2c(sc5ccccc25)B4c2sc4c(c2O3)N(c2ccccc2)c2cc(N(c3ccccc3)c3ccccc3)cc3c2B4c2ccccc2N3c2ccccc2)cc1. The maximum absolute atomic E-state index is 8.00. The molecule has 82 heavy (non-hydrogen) atoms. The number of hydrogen-bond acceptors (Lipinski definition) is 8. The van der Waals surface area contributed by atoms with Crippen LogP contribution in [-0.2, 0) is 0 Å². The third kappa shape index (κ3) is 7.15. The smallest absolute Gasteiger partial charge is 0.281 e. The maximum atomic E-state index is 8.00. The molecule has 0 fully saturated rings. The number of fused-ring (bicyclic) bond motifs is 11. The molecule has 0 radical (unpaired) electrons. The molecule has 0 spiro atoms. The Hall–Kier alpha value is -9.99. The minimum Gasteiger partial charge on any atom is -0.455 e. The van der Waals surface area contributed by atoms with Crippen LogP contribution >= 0.6 is 22.7 Å². The first-order valence-electron chi connectivity index (χ1n) is 27.9. The highest BCUT2D eigenvalue weighted by molar-refractivity contribution is 7.42. The van der Waals surface area contributed by atoms with Crippen LogP contribution < -0.4 is 60.0 Å². The maximum Gasteiger partial charge on any atom is 0.281 e. The van der Waals surface area contributed by atoms with Crippen LogP contribution in [0.4, 0.5) is 85.3 Å². The number of ether oxygens (including phenoxy) is 1.